The van der Waals surface area contributed by atoms with Gasteiger partial charge in [-0.15, -0.1) is 0 Å². The first-order valence-electron chi connectivity index (χ1n) is 10.8. The van der Waals surface area contributed by atoms with E-state index in [4.69, 9.17) is 4.74 Å². The normalized spacial score (nSPS) is 13.5. The number of carbonyl (C=O) groups excluding carboxylic acids is 1. The highest BCUT2D eigenvalue weighted by molar-refractivity contribution is 6.26. The number of benzene rings is 1. The topological polar surface area (TPSA) is 79.1 Å². The lowest BCUT2D eigenvalue weighted by Gasteiger charge is -2.18. The van der Waals surface area contributed by atoms with Crippen molar-refractivity contribution in [3.63, 3.8) is 0 Å². The van der Waals surface area contributed by atoms with Gasteiger partial charge in [0.1, 0.15) is 35.0 Å². The number of anilines is 1. The summed E-state index contributed by atoms with van der Waals surface area (Å²) >= 11 is 0. The molecule has 1 aliphatic rings. The molecule has 0 spiro atoms. The molecule has 2 aromatic heterocycles. The second-order valence-electron chi connectivity index (χ2n) is 7.51. The van der Waals surface area contributed by atoms with E-state index >= 15 is 0 Å². The van der Waals surface area contributed by atoms with Crippen molar-refractivity contribution in [3.05, 3.63) is 65.8 Å². The molecule has 7 nitrogen and oxygen atoms in total. The number of ether oxygens (including phenoxy) is 1. The van der Waals surface area contributed by atoms with Crippen LogP contribution in [0.15, 0.2) is 54.4 Å². The van der Waals surface area contributed by atoms with Crippen LogP contribution in [-0.2, 0) is 11.2 Å². The number of nitrogens with one attached hydrogen (secondary N) is 1. The second kappa shape index (κ2) is 9.22. The summed E-state index contributed by atoms with van der Waals surface area (Å²) in [5, 5.41) is 13.4. The number of aliphatic hydroxyl groups is 1. The molecule has 0 bridgehead atoms. The first kappa shape index (κ1) is 20.9. The zero-order valence-electron chi connectivity index (χ0n) is 18.0. The van der Waals surface area contributed by atoms with Gasteiger partial charge >= 0.3 is 0 Å². The summed E-state index contributed by atoms with van der Waals surface area (Å²) in [5.74, 6) is 0.391. The first-order chi connectivity index (χ1) is 15.1. The lowest BCUT2D eigenvalue weighted by Crippen LogP contribution is -2.27. The number of aromatic nitrogens is 2. The van der Waals surface area contributed by atoms with Crippen molar-refractivity contribution >= 4 is 22.8 Å². The standard InChI is InChI=1S/C24H28N4O3/c1-3-27(4-2)14-15-31-18-9-7-8-17(16-18)25-24(30)22-20(29)12-11-19-23(22)26-21-10-5-6-13-28(19)21/h5-10,13,16,29H,3-4,11-12,14-15H2,1-2H3,(H,25,30). The third-order valence-electron chi connectivity index (χ3n) is 5.64. The minimum absolute atomic E-state index is 0.0695. The van der Waals surface area contributed by atoms with Crippen LogP contribution in [0.2, 0.25) is 0 Å². The van der Waals surface area contributed by atoms with Gasteiger partial charge in [-0.25, -0.2) is 4.98 Å². The fourth-order valence-corrected chi connectivity index (χ4v) is 3.91. The third kappa shape index (κ3) is 4.41. The number of allylic oxidation sites excluding steroid dienone is 1. The number of carbonyl (C=O) groups is 1. The molecule has 0 radical (unpaired) electrons. The van der Waals surface area contributed by atoms with Gasteiger partial charge in [-0.05, 0) is 43.8 Å². The van der Waals surface area contributed by atoms with Gasteiger partial charge in [0.05, 0.1) is 5.69 Å². The molecular weight excluding hydrogens is 392 g/mol. The Morgan fingerprint density at radius 1 is 1.19 bits per heavy atom. The average Bonchev–Trinajstić information content (AvgIpc) is 3.15. The Bertz CT molecular complexity index is 1110. The van der Waals surface area contributed by atoms with E-state index in [0.29, 0.717) is 36.6 Å². The molecule has 0 saturated heterocycles. The molecule has 162 valence electrons. The third-order valence-corrected chi connectivity index (χ3v) is 5.64. The van der Waals surface area contributed by atoms with Crippen molar-refractivity contribution in [1.29, 1.82) is 0 Å². The molecule has 7 heteroatoms. The van der Waals surface area contributed by atoms with Gasteiger partial charge in [-0.1, -0.05) is 26.0 Å². The highest BCUT2D eigenvalue weighted by atomic mass is 16.5. The Hall–Kier alpha value is -3.32. The van der Waals surface area contributed by atoms with E-state index in [9.17, 15) is 9.90 Å². The smallest absolute Gasteiger partial charge is 0.261 e. The van der Waals surface area contributed by atoms with Gasteiger partial charge in [0.2, 0.25) is 0 Å². The summed E-state index contributed by atoms with van der Waals surface area (Å²) in [6.45, 7) is 7.66. The summed E-state index contributed by atoms with van der Waals surface area (Å²) in [7, 11) is 0. The molecule has 3 aromatic rings. The number of hydrogen-bond acceptors (Lipinski definition) is 5. The minimum atomic E-state index is -0.373. The van der Waals surface area contributed by atoms with E-state index in [0.717, 1.165) is 31.0 Å². The van der Waals surface area contributed by atoms with E-state index < -0.39 is 0 Å². The van der Waals surface area contributed by atoms with E-state index in [2.05, 4.69) is 29.0 Å². The van der Waals surface area contributed by atoms with Crippen molar-refractivity contribution in [2.75, 3.05) is 31.6 Å². The number of amides is 1. The van der Waals surface area contributed by atoms with Crippen molar-refractivity contribution < 1.29 is 14.6 Å². The number of likely N-dealkylation sites (N-methyl/N-ethyl adjacent to an activating group) is 1. The molecule has 2 heterocycles. The molecule has 1 aliphatic carbocycles. The van der Waals surface area contributed by atoms with Crippen LogP contribution < -0.4 is 10.1 Å². The summed E-state index contributed by atoms with van der Waals surface area (Å²) in [5.41, 5.74) is 3.08. The fourth-order valence-electron chi connectivity index (χ4n) is 3.91. The van der Waals surface area contributed by atoms with Crippen molar-refractivity contribution in [2.45, 2.75) is 26.7 Å². The molecular formula is C24H28N4O3. The maximum atomic E-state index is 13.1. The summed E-state index contributed by atoms with van der Waals surface area (Å²) in [6, 6.07) is 13.0. The van der Waals surface area contributed by atoms with Crippen LogP contribution in [0.4, 0.5) is 5.69 Å². The number of rotatable bonds is 8. The zero-order valence-corrected chi connectivity index (χ0v) is 18.0. The van der Waals surface area contributed by atoms with E-state index in [1.54, 1.807) is 12.1 Å². The molecule has 0 unspecified atom stereocenters. The van der Waals surface area contributed by atoms with Crippen LogP contribution in [0.1, 0.15) is 31.7 Å². The summed E-state index contributed by atoms with van der Waals surface area (Å²) in [6.07, 6.45) is 2.98. The highest BCUT2D eigenvalue weighted by Gasteiger charge is 2.28. The molecule has 0 aliphatic heterocycles. The number of imidazole rings is 1. The Morgan fingerprint density at radius 2 is 2.03 bits per heavy atom. The molecule has 1 amide bonds. The Kier molecular flexibility index (Phi) is 6.23. The molecule has 0 atom stereocenters. The lowest BCUT2D eigenvalue weighted by molar-refractivity contribution is -0.111. The molecule has 4 rings (SSSR count). The average molecular weight is 421 g/mol. The fraction of sp³-hybridized carbons (Fsp3) is 0.333. The largest absolute Gasteiger partial charge is 0.511 e. The maximum Gasteiger partial charge on any atom is 0.261 e. The van der Waals surface area contributed by atoms with Gasteiger partial charge in [0, 0.05) is 30.9 Å². The van der Waals surface area contributed by atoms with Crippen LogP contribution in [0.3, 0.4) is 0 Å². The van der Waals surface area contributed by atoms with Gasteiger partial charge in [-0.2, -0.15) is 0 Å². The predicted octanol–water partition coefficient (Wildman–Crippen LogP) is 3.91. The van der Waals surface area contributed by atoms with E-state index in [1.165, 1.54) is 0 Å². The van der Waals surface area contributed by atoms with Gasteiger partial charge in [0.15, 0.2) is 0 Å². The number of aryl methyl sites for hydroxylation is 1. The highest BCUT2D eigenvalue weighted by Crippen LogP contribution is 2.31. The van der Waals surface area contributed by atoms with Gasteiger partial charge < -0.3 is 24.5 Å². The monoisotopic (exact) mass is 420 g/mol. The van der Waals surface area contributed by atoms with Crippen LogP contribution >= 0.6 is 0 Å². The zero-order chi connectivity index (χ0) is 21.8. The van der Waals surface area contributed by atoms with Gasteiger partial charge in [0.25, 0.3) is 5.91 Å². The van der Waals surface area contributed by atoms with Crippen LogP contribution in [0, 0.1) is 0 Å². The number of hydrogen-bond donors (Lipinski definition) is 2. The molecule has 1 aromatic carbocycles. The Labute approximate surface area is 182 Å². The Balaban J connectivity index is 1.50. The Morgan fingerprint density at radius 3 is 2.84 bits per heavy atom. The van der Waals surface area contributed by atoms with Crippen molar-refractivity contribution in [1.82, 2.24) is 14.3 Å². The SMILES string of the molecule is CCN(CC)CCOc1cccc(NC(=O)C2=C(O)CCc3c2nc2ccccn32)c1. The minimum Gasteiger partial charge on any atom is -0.511 e. The van der Waals surface area contributed by atoms with Crippen LogP contribution in [-0.4, -0.2) is 51.5 Å². The molecule has 0 saturated carbocycles. The maximum absolute atomic E-state index is 13.1. The molecule has 2 N–H and O–H groups in total. The predicted molar refractivity (Wildman–Crippen MR) is 121 cm³/mol. The second-order valence-corrected chi connectivity index (χ2v) is 7.51. The van der Waals surface area contributed by atoms with Crippen molar-refractivity contribution in [2.24, 2.45) is 0 Å². The van der Waals surface area contributed by atoms with Crippen molar-refractivity contribution in [3.8, 4) is 5.75 Å². The van der Waals surface area contributed by atoms with E-state index in [1.807, 2.05) is 40.9 Å². The van der Waals surface area contributed by atoms with Crippen LogP contribution in [0.25, 0.3) is 11.2 Å². The van der Waals surface area contributed by atoms with E-state index in [-0.39, 0.29) is 17.2 Å². The summed E-state index contributed by atoms with van der Waals surface area (Å²) in [4.78, 5) is 20.0. The van der Waals surface area contributed by atoms with Gasteiger partial charge in [-0.3, -0.25) is 4.79 Å². The number of nitrogens with zero attached hydrogens (tertiary/aromatic N) is 3. The van der Waals surface area contributed by atoms with Crippen LogP contribution in [0.5, 0.6) is 5.75 Å². The quantitative estimate of drug-likeness (QED) is 0.578. The lowest BCUT2D eigenvalue weighted by atomic mass is 9.97. The molecule has 0 fully saturated rings. The number of aliphatic hydroxyl groups excluding tert-OH is 1. The number of pyridine rings is 1. The summed E-state index contributed by atoms with van der Waals surface area (Å²) < 4.78 is 7.83. The first-order valence-corrected chi connectivity index (χ1v) is 10.8. The molecule has 31 heavy (non-hydrogen) atoms. The number of fused-ring (bicyclic) bond motifs is 3.